The van der Waals surface area contributed by atoms with Gasteiger partial charge in [-0.25, -0.2) is 4.98 Å². The van der Waals surface area contributed by atoms with Crippen molar-refractivity contribution in [1.29, 1.82) is 0 Å². The van der Waals surface area contributed by atoms with E-state index in [4.69, 9.17) is 0 Å². The summed E-state index contributed by atoms with van der Waals surface area (Å²) in [6.45, 7) is 2.57. The fourth-order valence-electron chi connectivity index (χ4n) is 0.960. The monoisotopic (exact) mass is 235 g/mol. The maximum atomic E-state index is 12.2. The summed E-state index contributed by atoms with van der Waals surface area (Å²) in [5, 5.41) is 2.64. The molecule has 1 heterocycles. The lowest BCUT2D eigenvalue weighted by atomic mass is 10.4. The maximum absolute atomic E-state index is 12.2. The Balaban J connectivity index is 2.85. The van der Waals surface area contributed by atoms with Gasteiger partial charge in [-0.1, -0.05) is 0 Å². The lowest BCUT2D eigenvalue weighted by molar-refractivity contribution is -0.189. The summed E-state index contributed by atoms with van der Waals surface area (Å²) in [7, 11) is 1.58. The summed E-state index contributed by atoms with van der Waals surface area (Å²) >= 11 is 0. The second-order valence-corrected chi connectivity index (χ2v) is 3.22. The number of alkyl halides is 3. The molecule has 90 valence electrons. The summed E-state index contributed by atoms with van der Waals surface area (Å²) in [6.07, 6.45) is -6.30. The van der Waals surface area contributed by atoms with Crippen molar-refractivity contribution in [3.63, 3.8) is 0 Å². The normalized spacial score (nSPS) is 13.4. The molecular formula is C9H12F3N3O. The van der Waals surface area contributed by atoms with Gasteiger partial charge in [0, 0.05) is 18.8 Å². The molecule has 0 saturated heterocycles. The van der Waals surface area contributed by atoms with E-state index in [1.54, 1.807) is 14.0 Å². The van der Waals surface area contributed by atoms with Crippen molar-refractivity contribution >= 4 is 5.95 Å². The topological polar surface area (TPSA) is 47.0 Å². The lowest BCUT2D eigenvalue weighted by Crippen LogP contribution is -2.31. The molecule has 1 aromatic heterocycles. The number of halogens is 3. The first-order chi connectivity index (χ1) is 7.32. The van der Waals surface area contributed by atoms with E-state index >= 15 is 0 Å². The van der Waals surface area contributed by atoms with Crippen LogP contribution in [0.15, 0.2) is 6.07 Å². The minimum Gasteiger partial charge on any atom is -0.465 e. The predicted octanol–water partition coefficient (Wildman–Crippen LogP) is 2.16. The average Bonchev–Trinajstić information content (AvgIpc) is 2.15. The van der Waals surface area contributed by atoms with Crippen LogP contribution in [0.5, 0.6) is 5.88 Å². The molecule has 1 unspecified atom stereocenters. The van der Waals surface area contributed by atoms with Gasteiger partial charge in [0.25, 0.3) is 0 Å². The van der Waals surface area contributed by atoms with Crippen molar-refractivity contribution in [2.45, 2.75) is 26.1 Å². The Bertz CT molecular complexity index is 368. The van der Waals surface area contributed by atoms with E-state index in [1.165, 1.54) is 6.07 Å². The molecule has 0 aliphatic carbocycles. The lowest BCUT2D eigenvalue weighted by Gasteiger charge is -2.17. The van der Waals surface area contributed by atoms with E-state index < -0.39 is 12.3 Å². The van der Waals surface area contributed by atoms with Gasteiger partial charge >= 0.3 is 6.18 Å². The zero-order chi connectivity index (χ0) is 12.3. The summed E-state index contributed by atoms with van der Waals surface area (Å²) < 4.78 is 41.4. The Kier molecular flexibility index (Phi) is 3.56. The summed E-state index contributed by atoms with van der Waals surface area (Å²) in [6, 6.07) is 1.35. The zero-order valence-electron chi connectivity index (χ0n) is 9.09. The smallest absolute Gasteiger partial charge is 0.425 e. The van der Waals surface area contributed by atoms with Crippen molar-refractivity contribution in [1.82, 2.24) is 9.97 Å². The van der Waals surface area contributed by atoms with Crippen LogP contribution in [-0.2, 0) is 0 Å². The molecule has 16 heavy (non-hydrogen) atoms. The molecule has 1 N–H and O–H groups in total. The van der Waals surface area contributed by atoms with E-state index in [-0.39, 0.29) is 11.8 Å². The summed E-state index contributed by atoms with van der Waals surface area (Å²) in [4.78, 5) is 7.70. The van der Waals surface area contributed by atoms with Gasteiger partial charge in [-0.2, -0.15) is 18.2 Å². The van der Waals surface area contributed by atoms with Gasteiger partial charge in [0.05, 0.1) is 0 Å². The standard InChI is InChI=1S/C9H12F3N3O/c1-5-4-7(15-8(13-3)14-5)16-6(2)9(10,11)12/h4,6H,1-3H3,(H,13,14,15). The molecule has 4 nitrogen and oxygen atoms in total. The number of aryl methyl sites for hydroxylation is 1. The first-order valence-electron chi connectivity index (χ1n) is 4.59. The molecule has 0 aromatic carbocycles. The molecule has 0 spiro atoms. The number of rotatable bonds is 3. The largest absolute Gasteiger partial charge is 0.465 e. The molecule has 0 saturated carbocycles. The first-order valence-corrected chi connectivity index (χ1v) is 4.59. The molecule has 0 aliphatic heterocycles. The van der Waals surface area contributed by atoms with E-state index in [2.05, 4.69) is 20.0 Å². The van der Waals surface area contributed by atoms with Crippen LogP contribution in [0.4, 0.5) is 19.1 Å². The summed E-state index contributed by atoms with van der Waals surface area (Å²) in [5.74, 6) is 0.131. The van der Waals surface area contributed by atoms with Gasteiger partial charge in [-0.05, 0) is 13.8 Å². The highest BCUT2D eigenvalue weighted by Gasteiger charge is 2.38. The highest BCUT2D eigenvalue weighted by Crippen LogP contribution is 2.24. The third kappa shape index (κ3) is 3.25. The minimum atomic E-state index is -4.40. The minimum absolute atomic E-state index is 0.0957. The van der Waals surface area contributed by atoms with Gasteiger partial charge in [-0.3, -0.25) is 0 Å². The first kappa shape index (κ1) is 12.5. The SMILES string of the molecule is CNc1nc(C)cc(OC(C)C(F)(F)F)n1. The third-order valence-corrected chi connectivity index (χ3v) is 1.81. The van der Waals surface area contributed by atoms with Gasteiger partial charge in [0.1, 0.15) is 0 Å². The molecule has 0 bridgehead atoms. The Morgan fingerprint density at radius 2 is 2.00 bits per heavy atom. The van der Waals surface area contributed by atoms with Crippen molar-refractivity contribution in [3.8, 4) is 5.88 Å². The van der Waals surface area contributed by atoms with Crippen molar-refractivity contribution < 1.29 is 17.9 Å². The molecule has 0 radical (unpaired) electrons. The van der Waals surface area contributed by atoms with Crippen molar-refractivity contribution in [3.05, 3.63) is 11.8 Å². The Hall–Kier alpha value is -1.53. The predicted molar refractivity (Wildman–Crippen MR) is 52.5 cm³/mol. The molecule has 7 heteroatoms. The van der Waals surface area contributed by atoms with E-state index in [0.717, 1.165) is 6.92 Å². The number of hydrogen-bond acceptors (Lipinski definition) is 4. The van der Waals surface area contributed by atoms with Crippen LogP contribution in [0.25, 0.3) is 0 Å². The fraction of sp³-hybridized carbons (Fsp3) is 0.556. The number of hydrogen-bond donors (Lipinski definition) is 1. The van der Waals surface area contributed by atoms with Crippen LogP contribution in [-0.4, -0.2) is 29.3 Å². The molecule has 1 rings (SSSR count). The van der Waals surface area contributed by atoms with Crippen LogP contribution < -0.4 is 10.1 Å². The second-order valence-electron chi connectivity index (χ2n) is 3.22. The van der Waals surface area contributed by atoms with E-state index in [9.17, 15) is 13.2 Å². The van der Waals surface area contributed by atoms with Crippen LogP contribution in [0.1, 0.15) is 12.6 Å². The van der Waals surface area contributed by atoms with E-state index in [0.29, 0.717) is 5.69 Å². The highest BCUT2D eigenvalue weighted by atomic mass is 19.4. The number of aromatic nitrogens is 2. The molecule has 1 atom stereocenters. The van der Waals surface area contributed by atoms with Crippen LogP contribution in [0.3, 0.4) is 0 Å². The molecular weight excluding hydrogens is 223 g/mol. The molecule has 0 aliphatic rings. The second kappa shape index (κ2) is 4.54. The van der Waals surface area contributed by atoms with Crippen molar-refractivity contribution in [2.24, 2.45) is 0 Å². The van der Waals surface area contributed by atoms with Gasteiger partial charge in [-0.15, -0.1) is 0 Å². The Labute approximate surface area is 90.9 Å². The highest BCUT2D eigenvalue weighted by molar-refractivity contribution is 5.29. The summed E-state index contributed by atoms with van der Waals surface area (Å²) in [5.41, 5.74) is 0.531. The third-order valence-electron chi connectivity index (χ3n) is 1.81. The van der Waals surface area contributed by atoms with E-state index in [1.807, 2.05) is 0 Å². The number of nitrogens with zero attached hydrogens (tertiary/aromatic N) is 2. The van der Waals surface area contributed by atoms with Crippen molar-refractivity contribution in [2.75, 3.05) is 12.4 Å². The number of anilines is 1. The maximum Gasteiger partial charge on any atom is 0.425 e. The van der Waals surface area contributed by atoms with Gasteiger partial charge < -0.3 is 10.1 Å². The quantitative estimate of drug-likeness (QED) is 0.872. The number of ether oxygens (including phenoxy) is 1. The van der Waals surface area contributed by atoms with Gasteiger partial charge in [0.2, 0.25) is 11.8 Å². The zero-order valence-corrected chi connectivity index (χ0v) is 9.09. The Morgan fingerprint density at radius 3 is 2.50 bits per heavy atom. The van der Waals surface area contributed by atoms with Gasteiger partial charge in [0.15, 0.2) is 6.10 Å². The molecule has 0 fully saturated rings. The number of nitrogens with one attached hydrogen (secondary N) is 1. The molecule has 0 amide bonds. The van der Waals surface area contributed by atoms with Crippen LogP contribution >= 0.6 is 0 Å². The average molecular weight is 235 g/mol. The fourth-order valence-corrected chi connectivity index (χ4v) is 0.960. The molecule has 1 aromatic rings. The Morgan fingerprint density at radius 1 is 1.38 bits per heavy atom. The van der Waals surface area contributed by atoms with Crippen LogP contribution in [0, 0.1) is 6.92 Å². The van der Waals surface area contributed by atoms with Crippen LogP contribution in [0.2, 0.25) is 0 Å².